The van der Waals surface area contributed by atoms with Gasteiger partial charge in [-0.05, 0) is 25.2 Å². The molecule has 100 valence electrons. The summed E-state index contributed by atoms with van der Waals surface area (Å²) in [6, 6.07) is 8.42. The first-order chi connectivity index (χ1) is 9.24. The largest absolute Gasteiger partial charge is 0.339 e. The molecule has 19 heavy (non-hydrogen) atoms. The maximum Gasteiger partial charge on any atom is 0.235 e. The molecule has 0 radical (unpaired) electrons. The van der Waals surface area contributed by atoms with E-state index >= 15 is 0 Å². The Morgan fingerprint density at radius 3 is 3.05 bits per heavy atom. The molecular formula is C14H18N4O. The van der Waals surface area contributed by atoms with Crippen molar-refractivity contribution in [2.75, 3.05) is 20.6 Å². The molecule has 2 heterocycles. The number of benzene rings is 1. The van der Waals surface area contributed by atoms with Gasteiger partial charge in [-0.3, -0.25) is 0 Å². The monoisotopic (exact) mass is 258 g/mol. The van der Waals surface area contributed by atoms with Gasteiger partial charge in [-0.1, -0.05) is 29.4 Å². The Bertz CT molecular complexity index is 564. The van der Waals surface area contributed by atoms with Crippen molar-refractivity contribution in [1.82, 2.24) is 20.4 Å². The highest BCUT2D eigenvalue weighted by Gasteiger charge is 2.26. The van der Waals surface area contributed by atoms with Crippen LogP contribution in [0.25, 0.3) is 0 Å². The first-order valence-corrected chi connectivity index (χ1v) is 6.50. The van der Waals surface area contributed by atoms with E-state index in [-0.39, 0.29) is 5.92 Å². The van der Waals surface area contributed by atoms with Crippen LogP contribution in [0.4, 0.5) is 0 Å². The second-order valence-corrected chi connectivity index (χ2v) is 5.17. The van der Waals surface area contributed by atoms with Crippen molar-refractivity contribution in [3.8, 4) is 0 Å². The van der Waals surface area contributed by atoms with E-state index in [0.717, 1.165) is 18.9 Å². The fraction of sp³-hybridized carbons (Fsp3) is 0.429. The van der Waals surface area contributed by atoms with Crippen molar-refractivity contribution < 1.29 is 4.52 Å². The molecule has 0 saturated carbocycles. The number of aromatic nitrogens is 2. The second-order valence-electron chi connectivity index (χ2n) is 5.17. The van der Waals surface area contributed by atoms with Crippen molar-refractivity contribution in [3.05, 3.63) is 47.1 Å². The van der Waals surface area contributed by atoms with Gasteiger partial charge in [0.25, 0.3) is 0 Å². The second kappa shape index (κ2) is 5.11. The fourth-order valence-electron chi connectivity index (χ4n) is 2.47. The summed E-state index contributed by atoms with van der Waals surface area (Å²) < 4.78 is 5.43. The molecule has 3 rings (SSSR count). The Kier molecular flexibility index (Phi) is 3.31. The van der Waals surface area contributed by atoms with Gasteiger partial charge in [0, 0.05) is 13.1 Å². The summed E-state index contributed by atoms with van der Waals surface area (Å²) in [5, 5.41) is 7.45. The summed E-state index contributed by atoms with van der Waals surface area (Å²) in [7, 11) is 3.99. The van der Waals surface area contributed by atoms with Gasteiger partial charge in [-0.2, -0.15) is 4.98 Å². The van der Waals surface area contributed by atoms with E-state index in [1.807, 2.05) is 19.0 Å². The molecule has 1 aromatic heterocycles. The highest BCUT2D eigenvalue weighted by Crippen LogP contribution is 2.28. The first kappa shape index (κ1) is 12.3. The number of hydrogen-bond acceptors (Lipinski definition) is 5. The first-order valence-electron chi connectivity index (χ1n) is 6.50. The van der Waals surface area contributed by atoms with Crippen LogP contribution in [0.1, 0.15) is 28.8 Å². The van der Waals surface area contributed by atoms with Gasteiger partial charge >= 0.3 is 0 Å². The minimum atomic E-state index is 0.161. The Hall–Kier alpha value is -1.72. The lowest BCUT2D eigenvalue weighted by molar-refractivity contribution is 0.337. The summed E-state index contributed by atoms with van der Waals surface area (Å²) >= 11 is 0. The van der Waals surface area contributed by atoms with E-state index in [1.165, 1.54) is 11.1 Å². The maximum atomic E-state index is 5.43. The summed E-state index contributed by atoms with van der Waals surface area (Å²) in [6.07, 6.45) is 0. The molecule has 0 saturated heterocycles. The average molecular weight is 258 g/mol. The lowest BCUT2D eigenvalue weighted by atomic mass is 9.91. The Labute approximate surface area is 112 Å². The van der Waals surface area contributed by atoms with Crippen LogP contribution in [0.15, 0.2) is 28.8 Å². The van der Waals surface area contributed by atoms with Gasteiger partial charge in [0.1, 0.15) is 0 Å². The van der Waals surface area contributed by atoms with Crippen LogP contribution in [0, 0.1) is 0 Å². The molecule has 1 unspecified atom stereocenters. The molecular weight excluding hydrogens is 240 g/mol. The molecule has 0 amide bonds. The lowest BCUT2D eigenvalue weighted by Crippen LogP contribution is -2.28. The number of hydrogen-bond donors (Lipinski definition) is 1. The average Bonchev–Trinajstić information content (AvgIpc) is 2.85. The summed E-state index contributed by atoms with van der Waals surface area (Å²) in [6.45, 7) is 2.46. The van der Waals surface area contributed by atoms with Crippen molar-refractivity contribution in [3.63, 3.8) is 0 Å². The van der Waals surface area contributed by atoms with E-state index < -0.39 is 0 Å². The molecule has 1 atom stereocenters. The van der Waals surface area contributed by atoms with Gasteiger partial charge in [0.05, 0.1) is 12.5 Å². The highest BCUT2D eigenvalue weighted by atomic mass is 16.5. The SMILES string of the molecule is CN(C)Cc1noc(C2CNCc3ccccc32)n1. The number of fused-ring (bicyclic) bond motifs is 1. The quantitative estimate of drug-likeness (QED) is 0.901. The maximum absolute atomic E-state index is 5.43. The molecule has 0 bridgehead atoms. The molecule has 0 aliphatic carbocycles. The molecule has 5 nitrogen and oxygen atoms in total. The summed E-state index contributed by atoms with van der Waals surface area (Å²) in [5.74, 6) is 1.60. The number of nitrogens with one attached hydrogen (secondary N) is 1. The summed E-state index contributed by atoms with van der Waals surface area (Å²) in [4.78, 5) is 6.54. The molecule has 0 fully saturated rings. The number of nitrogens with zero attached hydrogens (tertiary/aromatic N) is 3. The predicted molar refractivity (Wildman–Crippen MR) is 71.7 cm³/mol. The van der Waals surface area contributed by atoms with Crippen LogP contribution < -0.4 is 5.32 Å². The van der Waals surface area contributed by atoms with Crippen LogP contribution in [0.2, 0.25) is 0 Å². The van der Waals surface area contributed by atoms with Crippen molar-refractivity contribution >= 4 is 0 Å². The van der Waals surface area contributed by atoms with Crippen LogP contribution in [0.3, 0.4) is 0 Å². The van der Waals surface area contributed by atoms with Crippen molar-refractivity contribution in [2.45, 2.75) is 19.0 Å². The lowest BCUT2D eigenvalue weighted by Gasteiger charge is -2.23. The van der Waals surface area contributed by atoms with Crippen LogP contribution in [0.5, 0.6) is 0 Å². The third kappa shape index (κ3) is 2.52. The standard InChI is InChI=1S/C14H18N4O/c1-18(2)9-13-16-14(19-17-13)12-8-15-7-10-5-3-4-6-11(10)12/h3-6,12,15H,7-9H2,1-2H3. The minimum Gasteiger partial charge on any atom is -0.339 e. The molecule has 1 aliphatic heterocycles. The van der Waals surface area contributed by atoms with Gasteiger partial charge < -0.3 is 14.7 Å². The Balaban J connectivity index is 1.89. The van der Waals surface area contributed by atoms with Crippen LogP contribution >= 0.6 is 0 Å². The molecule has 5 heteroatoms. The van der Waals surface area contributed by atoms with E-state index in [4.69, 9.17) is 4.52 Å². The summed E-state index contributed by atoms with van der Waals surface area (Å²) in [5.41, 5.74) is 2.60. The topological polar surface area (TPSA) is 54.2 Å². The van der Waals surface area contributed by atoms with Crippen molar-refractivity contribution in [1.29, 1.82) is 0 Å². The highest BCUT2D eigenvalue weighted by molar-refractivity contribution is 5.35. The fourth-order valence-corrected chi connectivity index (χ4v) is 2.47. The Morgan fingerprint density at radius 2 is 2.21 bits per heavy atom. The van der Waals surface area contributed by atoms with Crippen molar-refractivity contribution in [2.24, 2.45) is 0 Å². The molecule has 1 aromatic carbocycles. The molecule has 1 aliphatic rings. The smallest absolute Gasteiger partial charge is 0.235 e. The van der Waals surface area contributed by atoms with Gasteiger partial charge in [0.15, 0.2) is 5.82 Å². The predicted octanol–water partition coefficient (Wildman–Crippen LogP) is 1.37. The molecule has 1 N–H and O–H groups in total. The third-order valence-electron chi connectivity index (χ3n) is 3.33. The normalized spacial score (nSPS) is 18.6. The van der Waals surface area contributed by atoms with Gasteiger partial charge in [-0.15, -0.1) is 0 Å². The third-order valence-corrected chi connectivity index (χ3v) is 3.33. The van der Waals surface area contributed by atoms with E-state index in [9.17, 15) is 0 Å². The number of rotatable bonds is 3. The van der Waals surface area contributed by atoms with E-state index in [1.54, 1.807) is 0 Å². The van der Waals surface area contributed by atoms with E-state index in [0.29, 0.717) is 12.4 Å². The van der Waals surface area contributed by atoms with Gasteiger partial charge in [-0.25, -0.2) is 0 Å². The minimum absolute atomic E-state index is 0.161. The van der Waals surface area contributed by atoms with E-state index in [2.05, 4.69) is 39.7 Å². The van der Waals surface area contributed by atoms with Crippen LogP contribution in [-0.2, 0) is 13.1 Å². The Morgan fingerprint density at radius 1 is 1.37 bits per heavy atom. The zero-order chi connectivity index (χ0) is 13.2. The van der Waals surface area contributed by atoms with Crippen LogP contribution in [-0.4, -0.2) is 35.7 Å². The zero-order valence-corrected chi connectivity index (χ0v) is 11.3. The zero-order valence-electron chi connectivity index (χ0n) is 11.3. The van der Waals surface area contributed by atoms with Gasteiger partial charge in [0.2, 0.25) is 5.89 Å². The molecule has 2 aromatic rings. The molecule has 0 spiro atoms.